The standard InChI is InChI=1S/C6H10O7S2/c1-3-5(11-3)14(7,8)13-15(9,10)6-4(2)12-6/h3-6H,1-2H3. The molecule has 7 nitrogen and oxygen atoms in total. The Hall–Kier alpha value is -0.220. The summed E-state index contributed by atoms with van der Waals surface area (Å²) in [5.74, 6) is 0. The lowest BCUT2D eigenvalue weighted by atomic mass is 10.6. The van der Waals surface area contributed by atoms with Crippen molar-refractivity contribution < 1.29 is 29.9 Å². The van der Waals surface area contributed by atoms with E-state index in [0.29, 0.717) is 0 Å². The first-order valence-electron chi connectivity index (χ1n) is 4.24. The molecule has 88 valence electrons. The highest BCUT2D eigenvalue weighted by atomic mass is 32.3. The van der Waals surface area contributed by atoms with Crippen molar-refractivity contribution in [2.75, 3.05) is 0 Å². The predicted octanol–water partition coefficient (Wildman–Crippen LogP) is -0.848. The summed E-state index contributed by atoms with van der Waals surface area (Å²) in [6.45, 7) is 3.02. The zero-order valence-electron chi connectivity index (χ0n) is 7.98. The van der Waals surface area contributed by atoms with E-state index in [4.69, 9.17) is 0 Å². The fourth-order valence-corrected chi connectivity index (χ4v) is 4.39. The van der Waals surface area contributed by atoms with Crippen LogP contribution in [0, 0.1) is 0 Å². The number of ether oxygens (including phenoxy) is 2. The molecule has 0 spiro atoms. The Bertz CT molecular complexity index is 420. The highest BCUT2D eigenvalue weighted by Gasteiger charge is 2.54. The van der Waals surface area contributed by atoms with Gasteiger partial charge >= 0.3 is 20.2 Å². The van der Waals surface area contributed by atoms with Crippen molar-refractivity contribution in [3.05, 3.63) is 0 Å². The van der Waals surface area contributed by atoms with Gasteiger partial charge in [0, 0.05) is 0 Å². The van der Waals surface area contributed by atoms with Crippen LogP contribution in [0.5, 0.6) is 0 Å². The molecule has 2 heterocycles. The van der Waals surface area contributed by atoms with E-state index in [1.807, 2.05) is 0 Å². The molecular weight excluding hydrogens is 248 g/mol. The SMILES string of the molecule is CC1OC1S(=O)(=O)OS(=O)(=O)C1OC1C. The Morgan fingerprint density at radius 1 is 0.867 bits per heavy atom. The molecule has 0 bridgehead atoms. The van der Waals surface area contributed by atoms with E-state index in [2.05, 4.69) is 13.1 Å². The van der Waals surface area contributed by atoms with E-state index in [1.165, 1.54) is 13.8 Å². The maximum atomic E-state index is 11.3. The summed E-state index contributed by atoms with van der Waals surface area (Å²) in [4.78, 5) is 0. The first-order valence-corrected chi connectivity index (χ1v) is 7.18. The van der Waals surface area contributed by atoms with Gasteiger partial charge in [0.2, 0.25) is 10.9 Å². The smallest absolute Gasteiger partial charge is 0.311 e. The van der Waals surface area contributed by atoms with E-state index < -0.39 is 43.3 Å². The molecule has 0 aliphatic carbocycles. The molecule has 0 aromatic carbocycles. The van der Waals surface area contributed by atoms with Crippen LogP contribution in [-0.4, -0.2) is 39.9 Å². The molecule has 2 aliphatic rings. The Kier molecular flexibility index (Phi) is 2.36. The van der Waals surface area contributed by atoms with Crippen LogP contribution in [0.25, 0.3) is 0 Å². The van der Waals surface area contributed by atoms with Gasteiger partial charge in [0.1, 0.15) is 0 Å². The van der Waals surface area contributed by atoms with E-state index in [9.17, 15) is 16.8 Å². The Morgan fingerprint density at radius 3 is 1.33 bits per heavy atom. The van der Waals surface area contributed by atoms with Gasteiger partial charge in [0.05, 0.1) is 12.2 Å². The van der Waals surface area contributed by atoms with Gasteiger partial charge < -0.3 is 9.47 Å². The molecule has 0 saturated carbocycles. The molecule has 0 aromatic heterocycles. The fourth-order valence-electron chi connectivity index (χ4n) is 1.15. The van der Waals surface area contributed by atoms with Gasteiger partial charge in [-0.3, -0.25) is 0 Å². The number of rotatable bonds is 4. The molecular formula is C6H10O7S2. The van der Waals surface area contributed by atoms with Gasteiger partial charge in [-0.1, -0.05) is 0 Å². The Morgan fingerprint density at radius 2 is 1.13 bits per heavy atom. The summed E-state index contributed by atoms with van der Waals surface area (Å²) in [5, 5.41) is 0. The van der Waals surface area contributed by atoms with Crippen LogP contribution in [0.4, 0.5) is 0 Å². The van der Waals surface area contributed by atoms with Crippen LogP contribution >= 0.6 is 0 Å². The highest BCUT2D eigenvalue weighted by molar-refractivity contribution is 8.00. The maximum absolute atomic E-state index is 11.3. The van der Waals surface area contributed by atoms with E-state index >= 15 is 0 Å². The van der Waals surface area contributed by atoms with E-state index in [0.717, 1.165) is 0 Å². The van der Waals surface area contributed by atoms with Crippen molar-refractivity contribution in [2.45, 2.75) is 36.9 Å². The minimum absolute atomic E-state index is 0.525. The van der Waals surface area contributed by atoms with Crippen LogP contribution in [0.2, 0.25) is 0 Å². The molecule has 4 atom stereocenters. The van der Waals surface area contributed by atoms with Gasteiger partial charge in [-0.2, -0.15) is 16.8 Å². The second-order valence-corrected chi connectivity index (χ2v) is 6.92. The van der Waals surface area contributed by atoms with Crippen LogP contribution in [0.1, 0.15) is 13.8 Å². The lowest BCUT2D eigenvalue weighted by Gasteiger charge is -2.00. The molecule has 2 saturated heterocycles. The third kappa shape index (κ3) is 2.16. The van der Waals surface area contributed by atoms with E-state index in [1.54, 1.807) is 0 Å². The van der Waals surface area contributed by atoms with Gasteiger partial charge in [-0.25, -0.2) is 0 Å². The lowest BCUT2D eigenvalue weighted by Crippen LogP contribution is -2.22. The monoisotopic (exact) mass is 258 g/mol. The first-order chi connectivity index (χ1) is 6.74. The number of epoxide rings is 2. The first kappa shape index (κ1) is 11.3. The molecule has 4 unspecified atom stereocenters. The zero-order chi connectivity index (χ0) is 11.4. The molecule has 2 rings (SSSR count). The normalized spacial score (nSPS) is 40.1. The summed E-state index contributed by atoms with van der Waals surface area (Å²) in [7, 11) is -8.43. The lowest BCUT2D eigenvalue weighted by molar-refractivity contribution is 0.376. The molecule has 0 aromatic rings. The van der Waals surface area contributed by atoms with Gasteiger partial charge in [0.15, 0.2) is 0 Å². The number of hydrogen-bond donors (Lipinski definition) is 0. The van der Waals surface area contributed by atoms with Crippen molar-refractivity contribution in [2.24, 2.45) is 0 Å². The summed E-state index contributed by atoms with van der Waals surface area (Å²) in [6.07, 6.45) is -1.05. The minimum Gasteiger partial charge on any atom is -0.350 e. The van der Waals surface area contributed by atoms with Crippen LogP contribution < -0.4 is 0 Å². The minimum atomic E-state index is -4.21. The van der Waals surface area contributed by atoms with Gasteiger partial charge in [0.25, 0.3) is 0 Å². The van der Waals surface area contributed by atoms with Gasteiger partial charge in [-0.15, -0.1) is 3.63 Å². The number of hydrogen-bond acceptors (Lipinski definition) is 7. The highest BCUT2D eigenvalue weighted by Crippen LogP contribution is 2.33. The third-order valence-electron chi connectivity index (χ3n) is 2.07. The molecule has 2 aliphatic heterocycles. The second kappa shape index (κ2) is 3.14. The Balaban J connectivity index is 2.09. The summed E-state index contributed by atoms with van der Waals surface area (Å²) < 4.78 is 58.5. The largest absolute Gasteiger partial charge is 0.350 e. The summed E-state index contributed by atoms with van der Waals surface area (Å²) in [6, 6.07) is 0. The molecule has 0 N–H and O–H groups in total. The molecule has 2 fully saturated rings. The molecule has 15 heavy (non-hydrogen) atoms. The van der Waals surface area contributed by atoms with E-state index in [-0.39, 0.29) is 0 Å². The average molecular weight is 258 g/mol. The van der Waals surface area contributed by atoms with Gasteiger partial charge in [-0.05, 0) is 13.8 Å². The second-order valence-electron chi connectivity index (χ2n) is 3.47. The summed E-state index contributed by atoms with van der Waals surface area (Å²) in [5.41, 5.74) is -2.36. The molecule has 9 heteroatoms. The van der Waals surface area contributed by atoms with Crippen molar-refractivity contribution in [1.82, 2.24) is 0 Å². The van der Waals surface area contributed by atoms with Crippen LogP contribution in [0.3, 0.4) is 0 Å². The Labute approximate surface area is 87.6 Å². The average Bonchev–Trinajstić information content (AvgIpc) is 2.86. The molecule has 0 radical (unpaired) electrons. The van der Waals surface area contributed by atoms with Crippen LogP contribution in [0.15, 0.2) is 0 Å². The maximum Gasteiger partial charge on any atom is 0.311 e. The van der Waals surface area contributed by atoms with Crippen molar-refractivity contribution >= 4 is 20.2 Å². The zero-order valence-corrected chi connectivity index (χ0v) is 9.62. The van der Waals surface area contributed by atoms with Crippen molar-refractivity contribution in [3.8, 4) is 0 Å². The quantitative estimate of drug-likeness (QED) is 0.605. The topological polar surface area (TPSA) is 103 Å². The predicted molar refractivity (Wildman–Crippen MR) is 47.6 cm³/mol. The van der Waals surface area contributed by atoms with Crippen LogP contribution in [-0.2, 0) is 33.3 Å². The third-order valence-corrected chi connectivity index (χ3v) is 5.71. The van der Waals surface area contributed by atoms with Crippen molar-refractivity contribution in [1.29, 1.82) is 0 Å². The van der Waals surface area contributed by atoms with Crippen molar-refractivity contribution in [3.63, 3.8) is 0 Å². The summed E-state index contributed by atoms with van der Waals surface area (Å²) >= 11 is 0. The fraction of sp³-hybridized carbons (Fsp3) is 1.00. The molecule has 0 amide bonds.